The van der Waals surface area contributed by atoms with E-state index in [0.29, 0.717) is 47.2 Å². The number of carbonyl (C=O) groups is 1. The minimum atomic E-state index is -0.143. The highest BCUT2D eigenvalue weighted by atomic mass is 35.5. The summed E-state index contributed by atoms with van der Waals surface area (Å²) in [6, 6.07) is 5.01. The summed E-state index contributed by atoms with van der Waals surface area (Å²) >= 11 is 7.26. The molecule has 0 saturated heterocycles. The van der Waals surface area contributed by atoms with Gasteiger partial charge in [-0.05, 0) is 38.5 Å². The number of nitrogens with one attached hydrogen (secondary N) is 1. The van der Waals surface area contributed by atoms with Gasteiger partial charge in [-0.25, -0.2) is 4.98 Å². The van der Waals surface area contributed by atoms with Crippen LogP contribution in [0.3, 0.4) is 0 Å². The first-order valence-electron chi connectivity index (χ1n) is 8.74. The van der Waals surface area contributed by atoms with Gasteiger partial charge in [0.1, 0.15) is 0 Å². The van der Waals surface area contributed by atoms with E-state index < -0.39 is 0 Å². The largest absolute Gasteiger partial charge is 0.379 e. The van der Waals surface area contributed by atoms with Gasteiger partial charge in [0.2, 0.25) is 5.91 Å². The standard InChI is InChI=1S/C19H24ClN3O3S/c1-4-8-21-17(24)12-27-19-22-16-11-14(20)6-7-15(16)18(25)23(19)9-5-10-26-13(2)3/h4,6-7,11,13H,1,5,8-10,12H2,2-3H3,(H,21,24). The summed E-state index contributed by atoms with van der Waals surface area (Å²) in [6.07, 6.45) is 2.43. The zero-order valence-corrected chi connectivity index (χ0v) is 17.1. The molecule has 0 spiro atoms. The lowest BCUT2D eigenvalue weighted by molar-refractivity contribution is -0.118. The third-order valence-corrected chi connectivity index (χ3v) is 4.85. The molecule has 0 radical (unpaired) electrons. The molecule has 0 unspecified atom stereocenters. The number of ether oxygens (including phenoxy) is 1. The highest BCUT2D eigenvalue weighted by Gasteiger charge is 2.13. The van der Waals surface area contributed by atoms with E-state index in [2.05, 4.69) is 16.9 Å². The Morgan fingerprint density at radius 1 is 1.48 bits per heavy atom. The van der Waals surface area contributed by atoms with Crippen LogP contribution < -0.4 is 10.9 Å². The van der Waals surface area contributed by atoms with Crippen molar-refractivity contribution in [1.29, 1.82) is 0 Å². The molecule has 0 aliphatic rings. The van der Waals surface area contributed by atoms with Gasteiger partial charge in [-0.15, -0.1) is 6.58 Å². The fraction of sp³-hybridized carbons (Fsp3) is 0.421. The lowest BCUT2D eigenvalue weighted by atomic mass is 10.2. The summed E-state index contributed by atoms with van der Waals surface area (Å²) in [5.41, 5.74) is 0.381. The molecular formula is C19H24ClN3O3S. The molecule has 0 fully saturated rings. The number of nitrogens with zero attached hydrogens (tertiary/aromatic N) is 2. The number of hydrogen-bond acceptors (Lipinski definition) is 5. The van der Waals surface area contributed by atoms with Crippen molar-refractivity contribution in [1.82, 2.24) is 14.9 Å². The van der Waals surface area contributed by atoms with E-state index in [-0.39, 0.29) is 23.3 Å². The van der Waals surface area contributed by atoms with Crippen molar-refractivity contribution in [3.05, 3.63) is 46.2 Å². The van der Waals surface area contributed by atoms with Gasteiger partial charge in [0.25, 0.3) is 5.56 Å². The predicted molar refractivity (Wildman–Crippen MR) is 111 cm³/mol. The summed E-state index contributed by atoms with van der Waals surface area (Å²) in [6.45, 7) is 8.92. The van der Waals surface area contributed by atoms with Crippen molar-refractivity contribution in [2.45, 2.75) is 38.1 Å². The number of benzene rings is 1. The number of fused-ring (bicyclic) bond motifs is 1. The van der Waals surface area contributed by atoms with E-state index in [4.69, 9.17) is 16.3 Å². The van der Waals surface area contributed by atoms with Crippen LogP contribution in [0.4, 0.5) is 0 Å². The van der Waals surface area contributed by atoms with Gasteiger partial charge in [-0.3, -0.25) is 14.2 Å². The Morgan fingerprint density at radius 2 is 2.26 bits per heavy atom. The van der Waals surface area contributed by atoms with Crippen LogP contribution in [-0.2, 0) is 16.1 Å². The molecule has 6 nitrogen and oxygen atoms in total. The van der Waals surface area contributed by atoms with E-state index in [1.165, 1.54) is 11.8 Å². The lowest BCUT2D eigenvalue weighted by Gasteiger charge is -2.14. The van der Waals surface area contributed by atoms with Crippen LogP contribution in [0, 0.1) is 0 Å². The van der Waals surface area contributed by atoms with E-state index in [9.17, 15) is 9.59 Å². The van der Waals surface area contributed by atoms with Gasteiger partial charge in [0.15, 0.2) is 5.16 Å². The third-order valence-electron chi connectivity index (χ3n) is 3.64. The van der Waals surface area contributed by atoms with Crippen LogP contribution in [0.2, 0.25) is 5.02 Å². The maximum atomic E-state index is 12.9. The Kier molecular flexibility index (Phi) is 8.34. The molecule has 0 aliphatic heterocycles. The smallest absolute Gasteiger partial charge is 0.262 e. The molecule has 1 amide bonds. The molecule has 1 heterocycles. The number of halogens is 1. The number of rotatable bonds is 10. The van der Waals surface area contributed by atoms with Gasteiger partial charge in [0.05, 0.1) is 22.8 Å². The average Bonchev–Trinajstić information content (AvgIpc) is 2.62. The first-order chi connectivity index (χ1) is 12.9. The molecule has 2 rings (SSSR count). The summed E-state index contributed by atoms with van der Waals surface area (Å²) in [5.74, 6) is 0.0181. The highest BCUT2D eigenvalue weighted by Crippen LogP contribution is 2.20. The van der Waals surface area contributed by atoms with Gasteiger partial charge in [-0.2, -0.15) is 0 Å². The maximum Gasteiger partial charge on any atom is 0.262 e. The van der Waals surface area contributed by atoms with Crippen molar-refractivity contribution >= 4 is 40.2 Å². The van der Waals surface area contributed by atoms with Crippen molar-refractivity contribution in [2.75, 3.05) is 18.9 Å². The minimum absolute atomic E-state index is 0.140. The Labute approximate surface area is 167 Å². The van der Waals surface area contributed by atoms with Crippen molar-refractivity contribution < 1.29 is 9.53 Å². The van der Waals surface area contributed by atoms with Crippen LogP contribution in [0.1, 0.15) is 20.3 Å². The molecule has 146 valence electrons. The molecule has 1 N–H and O–H groups in total. The fourth-order valence-corrected chi connectivity index (χ4v) is 3.41. The Morgan fingerprint density at radius 3 is 2.96 bits per heavy atom. The SMILES string of the molecule is C=CCNC(=O)CSc1nc2cc(Cl)ccc2c(=O)n1CCCOC(C)C. The topological polar surface area (TPSA) is 73.2 Å². The highest BCUT2D eigenvalue weighted by molar-refractivity contribution is 7.99. The molecule has 0 aliphatic carbocycles. The second-order valence-corrected chi connectivity index (χ2v) is 7.55. The van der Waals surface area contributed by atoms with Gasteiger partial charge >= 0.3 is 0 Å². The van der Waals surface area contributed by atoms with E-state index in [1.807, 2.05) is 13.8 Å². The number of aromatic nitrogens is 2. The van der Waals surface area contributed by atoms with E-state index >= 15 is 0 Å². The van der Waals surface area contributed by atoms with Crippen molar-refractivity contribution in [3.8, 4) is 0 Å². The lowest BCUT2D eigenvalue weighted by Crippen LogP contribution is -2.27. The molecule has 1 aromatic heterocycles. The maximum absolute atomic E-state index is 12.9. The average molecular weight is 410 g/mol. The van der Waals surface area contributed by atoms with Crippen LogP contribution in [-0.4, -0.2) is 40.5 Å². The third kappa shape index (κ3) is 6.37. The Hall–Kier alpha value is -1.83. The second kappa shape index (κ2) is 10.5. The van der Waals surface area contributed by atoms with E-state index in [1.54, 1.807) is 28.8 Å². The van der Waals surface area contributed by atoms with E-state index in [0.717, 1.165) is 0 Å². The molecule has 8 heteroatoms. The summed E-state index contributed by atoms with van der Waals surface area (Å²) in [5, 5.41) is 4.22. The summed E-state index contributed by atoms with van der Waals surface area (Å²) < 4.78 is 7.16. The Balaban J connectivity index is 2.26. The molecule has 0 atom stereocenters. The first kappa shape index (κ1) is 21.5. The number of amides is 1. The van der Waals surface area contributed by atoms with Crippen LogP contribution in [0.25, 0.3) is 10.9 Å². The van der Waals surface area contributed by atoms with Crippen molar-refractivity contribution in [2.24, 2.45) is 0 Å². The molecular weight excluding hydrogens is 386 g/mol. The monoisotopic (exact) mass is 409 g/mol. The summed E-state index contributed by atoms with van der Waals surface area (Å²) in [7, 11) is 0. The first-order valence-corrected chi connectivity index (χ1v) is 10.1. The molecule has 2 aromatic rings. The fourth-order valence-electron chi connectivity index (χ4n) is 2.39. The predicted octanol–water partition coefficient (Wildman–Crippen LogP) is 3.26. The van der Waals surface area contributed by atoms with Crippen LogP contribution >= 0.6 is 23.4 Å². The second-order valence-electron chi connectivity index (χ2n) is 6.17. The van der Waals surface area contributed by atoms with Gasteiger partial charge in [0, 0.05) is 24.7 Å². The van der Waals surface area contributed by atoms with Crippen LogP contribution in [0.5, 0.6) is 0 Å². The van der Waals surface area contributed by atoms with Gasteiger partial charge in [-0.1, -0.05) is 29.4 Å². The zero-order valence-electron chi connectivity index (χ0n) is 15.5. The molecule has 1 aromatic carbocycles. The normalized spacial score (nSPS) is 11.1. The molecule has 0 saturated carbocycles. The molecule has 0 bridgehead atoms. The van der Waals surface area contributed by atoms with Crippen molar-refractivity contribution in [3.63, 3.8) is 0 Å². The zero-order chi connectivity index (χ0) is 19.8. The Bertz CT molecular complexity index is 867. The number of thioether (sulfide) groups is 1. The molecule has 27 heavy (non-hydrogen) atoms. The van der Waals surface area contributed by atoms with Crippen LogP contribution in [0.15, 0.2) is 40.8 Å². The van der Waals surface area contributed by atoms with Gasteiger partial charge < -0.3 is 10.1 Å². The minimum Gasteiger partial charge on any atom is -0.379 e. The number of hydrogen-bond donors (Lipinski definition) is 1. The summed E-state index contributed by atoms with van der Waals surface area (Å²) in [4.78, 5) is 29.4. The number of carbonyl (C=O) groups excluding carboxylic acids is 1. The quantitative estimate of drug-likeness (QED) is 0.282.